The van der Waals surface area contributed by atoms with Gasteiger partial charge in [-0.1, -0.05) is 12.1 Å². The highest BCUT2D eigenvalue weighted by Gasteiger charge is 2.19. The number of Topliss-reactive ketones (excluding diaryl/α,β-unsaturated/α-hetero) is 1. The van der Waals surface area contributed by atoms with Crippen LogP contribution in [-0.4, -0.2) is 27.6 Å². The Bertz CT molecular complexity index is 778. The predicted octanol–water partition coefficient (Wildman–Crippen LogP) is 2.80. The summed E-state index contributed by atoms with van der Waals surface area (Å²) in [7, 11) is 1.57. The summed E-state index contributed by atoms with van der Waals surface area (Å²) in [4.78, 5) is 16.4. The first-order chi connectivity index (χ1) is 11.2. The van der Waals surface area contributed by atoms with Crippen LogP contribution in [0.3, 0.4) is 0 Å². The van der Waals surface area contributed by atoms with Gasteiger partial charge in [0.2, 0.25) is 0 Å². The molecule has 0 aliphatic heterocycles. The van der Waals surface area contributed by atoms with E-state index < -0.39 is 6.10 Å². The van der Waals surface area contributed by atoms with Crippen molar-refractivity contribution in [3.63, 3.8) is 0 Å². The SMILES string of the molecule is COc1ccc(C(O)C(=O)c2ccc(-n3ccnc3)cc2)cc1. The number of aliphatic hydroxyl groups is 1. The molecule has 1 heterocycles. The Morgan fingerprint density at radius 3 is 2.39 bits per heavy atom. The molecule has 3 aromatic rings. The van der Waals surface area contributed by atoms with Crippen LogP contribution in [0, 0.1) is 0 Å². The number of carbonyl (C=O) groups excluding carboxylic acids is 1. The van der Waals surface area contributed by atoms with Crippen molar-refractivity contribution in [1.29, 1.82) is 0 Å². The maximum atomic E-state index is 12.4. The standard InChI is InChI=1S/C18H16N2O3/c1-23-16-8-4-14(5-9-16)18(22)17(21)13-2-6-15(7-3-13)20-11-10-19-12-20/h2-12,18,22H,1H3. The smallest absolute Gasteiger partial charge is 0.195 e. The number of carbonyl (C=O) groups is 1. The van der Waals surface area contributed by atoms with Crippen molar-refractivity contribution in [3.05, 3.63) is 78.4 Å². The Kier molecular flexibility index (Phi) is 4.21. The molecule has 1 unspecified atom stereocenters. The molecule has 0 aliphatic rings. The van der Waals surface area contributed by atoms with Crippen LogP contribution in [0.4, 0.5) is 0 Å². The van der Waals surface area contributed by atoms with E-state index in [1.165, 1.54) is 0 Å². The van der Waals surface area contributed by atoms with Gasteiger partial charge >= 0.3 is 0 Å². The number of benzene rings is 2. The van der Waals surface area contributed by atoms with E-state index in [1.54, 1.807) is 56.0 Å². The lowest BCUT2D eigenvalue weighted by Crippen LogP contribution is -2.12. The van der Waals surface area contributed by atoms with Crippen LogP contribution in [-0.2, 0) is 0 Å². The van der Waals surface area contributed by atoms with Crippen molar-refractivity contribution in [2.75, 3.05) is 7.11 Å². The fourth-order valence-corrected chi connectivity index (χ4v) is 2.31. The molecular formula is C18H16N2O3. The molecule has 1 N–H and O–H groups in total. The second-order valence-corrected chi connectivity index (χ2v) is 5.06. The van der Waals surface area contributed by atoms with Gasteiger partial charge in [0, 0.05) is 23.6 Å². The molecule has 23 heavy (non-hydrogen) atoms. The maximum absolute atomic E-state index is 12.4. The molecule has 5 heteroatoms. The lowest BCUT2D eigenvalue weighted by molar-refractivity contribution is 0.0747. The third-order valence-corrected chi connectivity index (χ3v) is 3.63. The second kappa shape index (κ2) is 6.46. The van der Waals surface area contributed by atoms with Crippen molar-refractivity contribution in [2.24, 2.45) is 0 Å². The fourth-order valence-electron chi connectivity index (χ4n) is 2.31. The van der Waals surface area contributed by atoms with Crippen LogP contribution in [0.2, 0.25) is 0 Å². The summed E-state index contributed by atoms with van der Waals surface area (Å²) in [6.45, 7) is 0. The molecule has 0 radical (unpaired) electrons. The molecule has 1 atom stereocenters. The number of aromatic nitrogens is 2. The topological polar surface area (TPSA) is 64.3 Å². The maximum Gasteiger partial charge on any atom is 0.195 e. The third kappa shape index (κ3) is 3.14. The van der Waals surface area contributed by atoms with Crippen LogP contribution in [0.5, 0.6) is 5.75 Å². The summed E-state index contributed by atoms with van der Waals surface area (Å²) in [5, 5.41) is 10.3. The Morgan fingerprint density at radius 2 is 1.83 bits per heavy atom. The minimum atomic E-state index is -1.19. The quantitative estimate of drug-likeness (QED) is 0.736. The van der Waals surface area contributed by atoms with E-state index >= 15 is 0 Å². The number of aliphatic hydroxyl groups excluding tert-OH is 1. The van der Waals surface area contributed by atoms with E-state index in [2.05, 4.69) is 4.98 Å². The molecule has 0 fully saturated rings. The van der Waals surface area contributed by atoms with E-state index in [-0.39, 0.29) is 5.78 Å². The summed E-state index contributed by atoms with van der Waals surface area (Å²) in [5.74, 6) is 0.338. The summed E-state index contributed by atoms with van der Waals surface area (Å²) in [6, 6.07) is 13.8. The molecule has 116 valence electrons. The van der Waals surface area contributed by atoms with Gasteiger partial charge in [-0.05, 0) is 42.0 Å². The van der Waals surface area contributed by atoms with Crippen molar-refractivity contribution in [1.82, 2.24) is 9.55 Å². The molecule has 2 aromatic carbocycles. The lowest BCUT2D eigenvalue weighted by atomic mass is 10.00. The number of ether oxygens (including phenoxy) is 1. The summed E-state index contributed by atoms with van der Waals surface area (Å²) >= 11 is 0. The monoisotopic (exact) mass is 308 g/mol. The summed E-state index contributed by atoms with van der Waals surface area (Å²) in [6.07, 6.45) is 4.00. The highest BCUT2D eigenvalue weighted by atomic mass is 16.5. The number of methoxy groups -OCH3 is 1. The van der Waals surface area contributed by atoms with Gasteiger partial charge in [-0.2, -0.15) is 0 Å². The van der Waals surface area contributed by atoms with Gasteiger partial charge in [0.15, 0.2) is 5.78 Å². The molecule has 0 bridgehead atoms. The van der Waals surface area contributed by atoms with E-state index in [1.807, 2.05) is 22.9 Å². The lowest BCUT2D eigenvalue weighted by Gasteiger charge is -2.11. The zero-order valence-corrected chi connectivity index (χ0v) is 12.6. The number of ketones is 1. The van der Waals surface area contributed by atoms with Gasteiger partial charge in [0.1, 0.15) is 11.9 Å². The van der Waals surface area contributed by atoms with Gasteiger partial charge in [-0.3, -0.25) is 4.79 Å². The minimum Gasteiger partial charge on any atom is -0.497 e. The number of imidazole rings is 1. The van der Waals surface area contributed by atoms with Crippen molar-refractivity contribution >= 4 is 5.78 Å². The summed E-state index contributed by atoms with van der Waals surface area (Å²) in [5.41, 5.74) is 1.89. The molecule has 0 saturated heterocycles. The number of nitrogens with zero attached hydrogens (tertiary/aromatic N) is 2. The first kappa shape index (κ1) is 15.0. The highest BCUT2D eigenvalue weighted by molar-refractivity contribution is 6.00. The van der Waals surface area contributed by atoms with Gasteiger partial charge in [0.25, 0.3) is 0 Å². The second-order valence-electron chi connectivity index (χ2n) is 5.06. The van der Waals surface area contributed by atoms with Crippen LogP contribution in [0.1, 0.15) is 22.0 Å². The molecule has 0 aliphatic carbocycles. The molecule has 3 rings (SSSR count). The van der Waals surface area contributed by atoms with Crippen LogP contribution in [0.25, 0.3) is 5.69 Å². The first-order valence-corrected chi connectivity index (χ1v) is 7.13. The van der Waals surface area contributed by atoms with Gasteiger partial charge in [0.05, 0.1) is 13.4 Å². The highest BCUT2D eigenvalue weighted by Crippen LogP contribution is 2.22. The van der Waals surface area contributed by atoms with Gasteiger partial charge in [-0.25, -0.2) is 4.98 Å². The zero-order chi connectivity index (χ0) is 16.2. The summed E-state index contributed by atoms with van der Waals surface area (Å²) < 4.78 is 6.91. The first-order valence-electron chi connectivity index (χ1n) is 7.13. The van der Waals surface area contributed by atoms with Crippen molar-refractivity contribution in [2.45, 2.75) is 6.10 Å². The molecule has 0 spiro atoms. The number of hydrogen-bond acceptors (Lipinski definition) is 4. The normalized spacial score (nSPS) is 11.9. The van der Waals surface area contributed by atoms with Crippen molar-refractivity contribution in [3.8, 4) is 11.4 Å². The predicted molar refractivity (Wildman–Crippen MR) is 85.8 cm³/mol. The average molecular weight is 308 g/mol. The Labute approximate surface area is 133 Å². The molecule has 5 nitrogen and oxygen atoms in total. The molecule has 0 saturated carbocycles. The number of rotatable bonds is 5. The Balaban J connectivity index is 1.78. The van der Waals surface area contributed by atoms with Gasteiger partial charge in [-0.15, -0.1) is 0 Å². The van der Waals surface area contributed by atoms with E-state index in [0.29, 0.717) is 16.9 Å². The van der Waals surface area contributed by atoms with E-state index in [0.717, 1.165) is 5.69 Å². The van der Waals surface area contributed by atoms with Crippen LogP contribution in [0.15, 0.2) is 67.3 Å². The third-order valence-electron chi connectivity index (χ3n) is 3.63. The Hall–Kier alpha value is -2.92. The molecular weight excluding hydrogens is 292 g/mol. The Morgan fingerprint density at radius 1 is 1.13 bits per heavy atom. The molecule has 1 aromatic heterocycles. The van der Waals surface area contributed by atoms with E-state index in [4.69, 9.17) is 4.74 Å². The van der Waals surface area contributed by atoms with Gasteiger partial charge < -0.3 is 14.4 Å². The minimum absolute atomic E-state index is 0.340. The van der Waals surface area contributed by atoms with E-state index in [9.17, 15) is 9.90 Å². The number of hydrogen-bond donors (Lipinski definition) is 1. The molecule has 0 amide bonds. The zero-order valence-electron chi connectivity index (χ0n) is 12.6. The largest absolute Gasteiger partial charge is 0.497 e. The average Bonchev–Trinajstić information content (AvgIpc) is 3.15. The van der Waals surface area contributed by atoms with Crippen LogP contribution < -0.4 is 4.74 Å². The van der Waals surface area contributed by atoms with Crippen LogP contribution >= 0.6 is 0 Å². The van der Waals surface area contributed by atoms with Crippen molar-refractivity contribution < 1.29 is 14.6 Å². The fraction of sp³-hybridized carbons (Fsp3) is 0.111.